The van der Waals surface area contributed by atoms with Crippen LogP contribution >= 0.6 is 11.3 Å². The predicted molar refractivity (Wildman–Crippen MR) is 88.9 cm³/mol. The van der Waals surface area contributed by atoms with Gasteiger partial charge < -0.3 is 10.1 Å². The Bertz CT molecular complexity index is 694. The summed E-state index contributed by atoms with van der Waals surface area (Å²) in [6.45, 7) is 3.90. The Kier molecular flexibility index (Phi) is 5.16. The van der Waals surface area contributed by atoms with E-state index in [1.54, 1.807) is 6.07 Å². The van der Waals surface area contributed by atoms with Crippen molar-refractivity contribution in [3.8, 4) is 0 Å². The van der Waals surface area contributed by atoms with Crippen molar-refractivity contribution in [1.82, 2.24) is 0 Å². The fraction of sp³-hybridized carbons (Fsp3) is 0.250. The summed E-state index contributed by atoms with van der Waals surface area (Å²) < 4.78 is 4.75. The first kappa shape index (κ1) is 16.0. The maximum Gasteiger partial charge on any atom is 0.340 e. The monoisotopic (exact) mass is 318 g/mol. The van der Waals surface area contributed by atoms with E-state index < -0.39 is 5.97 Å². The van der Waals surface area contributed by atoms with Crippen molar-refractivity contribution in [3.05, 3.63) is 46.3 Å². The number of carbonyl (C=O) groups excluding carboxylic acids is 2. The lowest BCUT2D eigenvalue weighted by molar-refractivity contribution is 0.0602. The molecule has 116 valence electrons. The number of thiophene rings is 1. The zero-order chi connectivity index (χ0) is 16.1. The number of nitrogens with one attached hydrogen (secondary N) is 2. The van der Waals surface area contributed by atoms with Crippen LogP contribution in [0.1, 0.15) is 27.7 Å². The summed E-state index contributed by atoms with van der Waals surface area (Å²) in [6.07, 6.45) is 0.787. The number of carbonyl (C=O) groups is 2. The molecule has 0 saturated heterocycles. The minimum atomic E-state index is -0.456. The first-order valence-electron chi connectivity index (χ1n) is 6.89. The molecule has 2 N–H and O–H groups in total. The normalized spacial score (nSPS) is 10.1. The molecule has 0 spiro atoms. The number of ether oxygens (including phenoxy) is 1. The number of urea groups is 1. The molecule has 1 aromatic carbocycles. The van der Waals surface area contributed by atoms with Crippen LogP contribution in [0.3, 0.4) is 0 Å². The zero-order valence-electron chi connectivity index (χ0n) is 12.7. The van der Waals surface area contributed by atoms with E-state index in [0.29, 0.717) is 10.6 Å². The zero-order valence-corrected chi connectivity index (χ0v) is 13.5. The molecular weight excluding hydrogens is 300 g/mol. The van der Waals surface area contributed by atoms with Gasteiger partial charge in [0.2, 0.25) is 0 Å². The topological polar surface area (TPSA) is 67.4 Å². The lowest BCUT2D eigenvalue weighted by atomic mass is 10.2. The summed E-state index contributed by atoms with van der Waals surface area (Å²) in [4.78, 5) is 24.9. The van der Waals surface area contributed by atoms with E-state index in [4.69, 9.17) is 4.74 Å². The number of para-hydroxylation sites is 1. The average Bonchev–Trinajstić information content (AvgIpc) is 2.91. The molecule has 0 aliphatic heterocycles. The van der Waals surface area contributed by atoms with Gasteiger partial charge >= 0.3 is 12.0 Å². The first-order valence-corrected chi connectivity index (χ1v) is 7.71. The summed E-state index contributed by atoms with van der Waals surface area (Å²) in [5, 5.41) is 5.99. The number of hydrogen-bond donors (Lipinski definition) is 2. The Balaban J connectivity index is 2.16. The van der Waals surface area contributed by atoms with Gasteiger partial charge in [0.25, 0.3) is 0 Å². The van der Waals surface area contributed by atoms with E-state index in [1.165, 1.54) is 18.4 Å². The van der Waals surface area contributed by atoms with Gasteiger partial charge in [-0.25, -0.2) is 9.59 Å². The lowest BCUT2D eigenvalue weighted by Crippen LogP contribution is -2.20. The number of amides is 2. The fourth-order valence-corrected chi connectivity index (χ4v) is 2.92. The molecule has 22 heavy (non-hydrogen) atoms. The molecule has 0 aliphatic rings. The Labute approximate surface area is 133 Å². The summed E-state index contributed by atoms with van der Waals surface area (Å²) in [5.74, 6) is -0.456. The van der Waals surface area contributed by atoms with Crippen molar-refractivity contribution in [3.63, 3.8) is 0 Å². The number of rotatable bonds is 4. The number of esters is 1. The summed E-state index contributed by atoms with van der Waals surface area (Å²) in [6, 6.07) is 8.85. The maximum atomic E-state index is 12.1. The largest absolute Gasteiger partial charge is 0.465 e. The van der Waals surface area contributed by atoms with Crippen LogP contribution in [0.25, 0.3) is 0 Å². The minimum Gasteiger partial charge on any atom is -0.465 e. The van der Waals surface area contributed by atoms with Gasteiger partial charge in [-0.1, -0.05) is 25.1 Å². The molecule has 0 atom stereocenters. The van der Waals surface area contributed by atoms with Crippen LogP contribution in [-0.4, -0.2) is 19.1 Å². The number of aryl methyl sites for hydroxylation is 2. The maximum absolute atomic E-state index is 12.1. The van der Waals surface area contributed by atoms with Crippen LogP contribution in [-0.2, 0) is 11.2 Å². The van der Waals surface area contributed by atoms with Crippen molar-refractivity contribution in [2.45, 2.75) is 20.3 Å². The van der Waals surface area contributed by atoms with Crippen LogP contribution in [0.4, 0.5) is 15.5 Å². The SMILES string of the molecule is CCc1cc(C(=O)OC)c(NC(=O)Nc2ccccc2C)s1. The summed E-state index contributed by atoms with van der Waals surface area (Å²) in [7, 11) is 1.32. The van der Waals surface area contributed by atoms with Gasteiger partial charge in [0.15, 0.2) is 0 Å². The first-order chi connectivity index (χ1) is 10.5. The highest BCUT2D eigenvalue weighted by molar-refractivity contribution is 7.16. The third-order valence-corrected chi connectivity index (χ3v) is 4.35. The Morgan fingerprint density at radius 1 is 1.23 bits per heavy atom. The second kappa shape index (κ2) is 7.09. The molecule has 0 unspecified atom stereocenters. The summed E-state index contributed by atoms with van der Waals surface area (Å²) >= 11 is 1.37. The molecule has 5 nitrogen and oxygen atoms in total. The van der Waals surface area contributed by atoms with E-state index in [0.717, 1.165) is 22.5 Å². The smallest absolute Gasteiger partial charge is 0.340 e. The number of hydrogen-bond acceptors (Lipinski definition) is 4. The molecule has 0 saturated carbocycles. The molecular formula is C16H18N2O3S. The van der Waals surface area contributed by atoms with Gasteiger partial charge in [-0.05, 0) is 31.0 Å². The quantitative estimate of drug-likeness (QED) is 0.836. The van der Waals surface area contributed by atoms with E-state index in [9.17, 15) is 9.59 Å². The number of benzene rings is 1. The summed E-state index contributed by atoms with van der Waals surface area (Å²) in [5.41, 5.74) is 2.07. The number of anilines is 2. The second-order valence-corrected chi connectivity index (χ2v) is 5.83. The van der Waals surface area contributed by atoms with Gasteiger partial charge in [0, 0.05) is 10.6 Å². The van der Waals surface area contributed by atoms with E-state index in [2.05, 4.69) is 10.6 Å². The number of methoxy groups -OCH3 is 1. The standard InChI is InChI=1S/C16H18N2O3S/c1-4-11-9-12(15(19)21-3)14(22-11)18-16(20)17-13-8-6-5-7-10(13)2/h5-9H,4H2,1-3H3,(H2,17,18,20). The molecule has 6 heteroatoms. The minimum absolute atomic E-state index is 0.379. The van der Waals surface area contributed by atoms with E-state index in [1.807, 2.05) is 38.1 Å². The van der Waals surface area contributed by atoms with Crippen molar-refractivity contribution in [2.24, 2.45) is 0 Å². The molecule has 1 heterocycles. The molecule has 0 bridgehead atoms. The highest BCUT2D eigenvalue weighted by atomic mass is 32.1. The second-order valence-electron chi connectivity index (χ2n) is 4.69. The van der Waals surface area contributed by atoms with E-state index in [-0.39, 0.29) is 6.03 Å². The molecule has 2 rings (SSSR count). The molecule has 2 aromatic rings. The van der Waals surface area contributed by atoms with Gasteiger partial charge in [0.05, 0.1) is 12.7 Å². The van der Waals surface area contributed by atoms with Crippen LogP contribution in [0, 0.1) is 6.92 Å². The highest BCUT2D eigenvalue weighted by Gasteiger charge is 2.18. The van der Waals surface area contributed by atoms with Crippen LogP contribution in [0.15, 0.2) is 30.3 Å². The molecule has 0 aliphatic carbocycles. The molecule has 2 amide bonds. The fourth-order valence-electron chi connectivity index (χ4n) is 1.94. The van der Waals surface area contributed by atoms with Gasteiger partial charge in [-0.3, -0.25) is 5.32 Å². The molecule has 1 aromatic heterocycles. The van der Waals surface area contributed by atoms with Crippen molar-refractivity contribution >= 4 is 34.0 Å². The van der Waals surface area contributed by atoms with Crippen molar-refractivity contribution in [2.75, 3.05) is 17.7 Å². The Hall–Kier alpha value is -2.34. The van der Waals surface area contributed by atoms with Crippen LogP contribution in [0.2, 0.25) is 0 Å². The Morgan fingerprint density at radius 2 is 1.95 bits per heavy atom. The van der Waals surface area contributed by atoms with Gasteiger partial charge in [0.1, 0.15) is 5.00 Å². The van der Waals surface area contributed by atoms with Crippen molar-refractivity contribution < 1.29 is 14.3 Å². The van der Waals surface area contributed by atoms with Crippen LogP contribution in [0.5, 0.6) is 0 Å². The third kappa shape index (κ3) is 3.65. The third-order valence-electron chi connectivity index (χ3n) is 3.16. The predicted octanol–water partition coefficient (Wildman–Crippen LogP) is 4.05. The van der Waals surface area contributed by atoms with E-state index >= 15 is 0 Å². The highest BCUT2D eigenvalue weighted by Crippen LogP contribution is 2.29. The van der Waals surface area contributed by atoms with Crippen LogP contribution < -0.4 is 10.6 Å². The Morgan fingerprint density at radius 3 is 2.59 bits per heavy atom. The van der Waals surface area contributed by atoms with Gasteiger partial charge in [-0.15, -0.1) is 11.3 Å². The molecule has 0 radical (unpaired) electrons. The average molecular weight is 318 g/mol. The van der Waals surface area contributed by atoms with Gasteiger partial charge in [-0.2, -0.15) is 0 Å². The molecule has 0 fully saturated rings. The lowest BCUT2D eigenvalue weighted by Gasteiger charge is -2.09. The van der Waals surface area contributed by atoms with Crippen molar-refractivity contribution in [1.29, 1.82) is 0 Å².